The monoisotopic (exact) mass is 241 g/mol. The van der Waals surface area contributed by atoms with E-state index in [1.165, 1.54) is 0 Å². The minimum atomic E-state index is -3.40. The van der Waals surface area contributed by atoms with Crippen LogP contribution in [0.5, 0.6) is 0 Å². The number of rotatable bonds is 1. The van der Waals surface area contributed by atoms with Gasteiger partial charge in [-0.05, 0) is 5.41 Å². The predicted octanol–water partition coefficient (Wildman–Crippen LogP) is 1.84. The molecule has 0 bridgehead atoms. The normalized spacial score (nSPS) is 21.9. The highest BCUT2D eigenvalue weighted by atomic mass is 79.9. The van der Waals surface area contributed by atoms with E-state index in [2.05, 4.69) is 0 Å². The third-order valence-corrected chi connectivity index (χ3v) is 2.11. The highest BCUT2D eigenvalue weighted by Gasteiger charge is 2.46. The lowest BCUT2D eigenvalue weighted by molar-refractivity contribution is -0.156. The standard InChI is InChI=1S/C7H10BrF2NO/c1-6(2)3-11(4-6)5(12)7(8,9)10/h3-4H2,1-2H3. The van der Waals surface area contributed by atoms with Crippen LogP contribution in [0.2, 0.25) is 0 Å². The number of carbonyl (C=O) groups excluding carboxylic acids is 1. The van der Waals surface area contributed by atoms with Crippen LogP contribution < -0.4 is 0 Å². The molecule has 1 amide bonds. The Labute approximate surface area is 78.0 Å². The second-order valence-corrected chi connectivity index (χ2v) is 4.82. The minimum absolute atomic E-state index is 0.00604. The van der Waals surface area contributed by atoms with Gasteiger partial charge in [0.05, 0.1) is 0 Å². The lowest BCUT2D eigenvalue weighted by atomic mass is 9.84. The molecular formula is C7H10BrF2NO. The summed E-state index contributed by atoms with van der Waals surface area (Å²) >= 11 is 2.03. The summed E-state index contributed by atoms with van der Waals surface area (Å²) in [5.41, 5.74) is -0.00604. The van der Waals surface area contributed by atoms with E-state index >= 15 is 0 Å². The first kappa shape index (κ1) is 9.89. The van der Waals surface area contributed by atoms with E-state index in [4.69, 9.17) is 0 Å². The Morgan fingerprint density at radius 1 is 1.50 bits per heavy atom. The van der Waals surface area contributed by atoms with Gasteiger partial charge in [0, 0.05) is 29.0 Å². The summed E-state index contributed by atoms with van der Waals surface area (Å²) in [6.45, 7) is 4.69. The van der Waals surface area contributed by atoms with Crippen molar-refractivity contribution >= 4 is 21.8 Å². The van der Waals surface area contributed by atoms with E-state index in [1.807, 2.05) is 29.8 Å². The lowest BCUT2D eigenvalue weighted by Crippen LogP contribution is -2.58. The Hall–Kier alpha value is -0.190. The molecule has 0 N–H and O–H groups in total. The molecule has 12 heavy (non-hydrogen) atoms. The molecule has 0 aromatic carbocycles. The van der Waals surface area contributed by atoms with Crippen molar-refractivity contribution < 1.29 is 13.6 Å². The molecule has 1 saturated heterocycles. The molecule has 0 atom stereocenters. The third-order valence-electron chi connectivity index (χ3n) is 1.77. The molecule has 0 radical (unpaired) electrons. The van der Waals surface area contributed by atoms with Gasteiger partial charge in [-0.3, -0.25) is 4.79 Å². The van der Waals surface area contributed by atoms with Crippen LogP contribution in [0.3, 0.4) is 0 Å². The van der Waals surface area contributed by atoms with E-state index in [9.17, 15) is 13.6 Å². The van der Waals surface area contributed by atoms with Crippen LogP contribution in [0.15, 0.2) is 0 Å². The fraction of sp³-hybridized carbons (Fsp3) is 0.857. The first-order chi connectivity index (χ1) is 5.22. The molecule has 1 aliphatic heterocycles. The molecule has 0 aromatic heterocycles. The Kier molecular flexibility index (Phi) is 2.19. The molecule has 2 nitrogen and oxygen atoms in total. The Bertz CT molecular complexity index is 204. The SMILES string of the molecule is CC1(C)CN(C(=O)C(F)(F)Br)C1. The number of carbonyl (C=O) groups is 1. The zero-order valence-electron chi connectivity index (χ0n) is 6.90. The van der Waals surface area contributed by atoms with E-state index < -0.39 is 10.7 Å². The van der Waals surface area contributed by atoms with Gasteiger partial charge >= 0.3 is 10.7 Å². The number of halogens is 3. The number of amides is 1. The second kappa shape index (κ2) is 2.65. The quantitative estimate of drug-likeness (QED) is 0.642. The summed E-state index contributed by atoms with van der Waals surface area (Å²) in [5, 5.41) is 0. The van der Waals surface area contributed by atoms with Gasteiger partial charge in [-0.1, -0.05) is 13.8 Å². The van der Waals surface area contributed by atoms with Gasteiger partial charge in [-0.2, -0.15) is 8.78 Å². The van der Waals surface area contributed by atoms with Crippen LogP contribution in [0.4, 0.5) is 8.78 Å². The average Bonchev–Trinajstić information content (AvgIpc) is 1.78. The lowest BCUT2D eigenvalue weighted by Gasteiger charge is -2.46. The fourth-order valence-corrected chi connectivity index (χ4v) is 1.56. The largest absolute Gasteiger partial charge is 0.377 e. The van der Waals surface area contributed by atoms with Crippen LogP contribution >= 0.6 is 15.9 Å². The van der Waals surface area contributed by atoms with Crippen LogP contribution in [-0.4, -0.2) is 28.7 Å². The van der Waals surface area contributed by atoms with Gasteiger partial charge in [-0.15, -0.1) is 0 Å². The number of alkyl halides is 3. The number of likely N-dealkylation sites (tertiary alicyclic amines) is 1. The maximum absolute atomic E-state index is 12.4. The number of hydrogen-bond acceptors (Lipinski definition) is 1. The van der Waals surface area contributed by atoms with Crippen molar-refractivity contribution in [2.75, 3.05) is 13.1 Å². The van der Waals surface area contributed by atoms with E-state index in [0.29, 0.717) is 13.1 Å². The van der Waals surface area contributed by atoms with Crippen molar-refractivity contribution in [3.05, 3.63) is 0 Å². The summed E-state index contributed by atoms with van der Waals surface area (Å²) in [7, 11) is 0. The molecule has 0 saturated carbocycles. The summed E-state index contributed by atoms with van der Waals surface area (Å²) in [6.07, 6.45) is 0. The highest BCUT2D eigenvalue weighted by molar-refractivity contribution is 9.10. The molecule has 5 heteroatoms. The topological polar surface area (TPSA) is 20.3 Å². The van der Waals surface area contributed by atoms with E-state index in [-0.39, 0.29) is 5.41 Å². The molecule has 0 aromatic rings. The molecule has 1 heterocycles. The third kappa shape index (κ3) is 1.94. The summed E-state index contributed by atoms with van der Waals surface area (Å²) in [5.74, 6) is -1.14. The van der Waals surface area contributed by atoms with Gasteiger partial charge in [0.15, 0.2) is 0 Å². The summed E-state index contributed by atoms with van der Waals surface area (Å²) in [6, 6.07) is 0. The summed E-state index contributed by atoms with van der Waals surface area (Å²) < 4.78 is 24.7. The van der Waals surface area contributed by atoms with Gasteiger partial charge in [0.25, 0.3) is 0 Å². The molecule has 1 rings (SSSR count). The Balaban J connectivity index is 2.50. The Morgan fingerprint density at radius 3 is 2.17 bits per heavy atom. The minimum Gasteiger partial charge on any atom is -0.335 e. The van der Waals surface area contributed by atoms with Crippen molar-refractivity contribution in [2.45, 2.75) is 18.7 Å². The van der Waals surface area contributed by atoms with Crippen molar-refractivity contribution in [1.82, 2.24) is 4.90 Å². The van der Waals surface area contributed by atoms with Crippen LogP contribution in [0.25, 0.3) is 0 Å². The highest BCUT2D eigenvalue weighted by Crippen LogP contribution is 2.34. The van der Waals surface area contributed by atoms with Crippen molar-refractivity contribution in [3.63, 3.8) is 0 Å². The van der Waals surface area contributed by atoms with Crippen LogP contribution in [0, 0.1) is 5.41 Å². The predicted molar refractivity (Wildman–Crippen MR) is 44.2 cm³/mol. The molecule has 0 spiro atoms. The zero-order valence-corrected chi connectivity index (χ0v) is 8.49. The van der Waals surface area contributed by atoms with Crippen molar-refractivity contribution in [1.29, 1.82) is 0 Å². The van der Waals surface area contributed by atoms with Crippen molar-refractivity contribution in [3.8, 4) is 0 Å². The average molecular weight is 242 g/mol. The van der Waals surface area contributed by atoms with Gasteiger partial charge < -0.3 is 4.90 Å². The van der Waals surface area contributed by atoms with Gasteiger partial charge in [0.2, 0.25) is 0 Å². The molecule has 1 aliphatic rings. The van der Waals surface area contributed by atoms with Crippen molar-refractivity contribution in [2.24, 2.45) is 5.41 Å². The second-order valence-electron chi connectivity index (χ2n) is 3.82. The van der Waals surface area contributed by atoms with Gasteiger partial charge in [0.1, 0.15) is 0 Å². The maximum Gasteiger partial charge on any atom is 0.377 e. The molecule has 70 valence electrons. The van der Waals surface area contributed by atoms with E-state index in [1.54, 1.807) is 0 Å². The number of nitrogens with zero attached hydrogens (tertiary/aromatic N) is 1. The van der Waals surface area contributed by atoms with Crippen LogP contribution in [0.1, 0.15) is 13.8 Å². The molecule has 0 unspecified atom stereocenters. The summed E-state index contributed by atoms with van der Waals surface area (Å²) in [4.78, 5) is 8.61. The fourth-order valence-electron chi connectivity index (χ4n) is 1.31. The Morgan fingerprint density at radius 2 is 1.92 bits per heavy atom. The first-order valence-corrected chi connectivity index (χ1v) is 4.38. The van der Waals surface area contributed by atoms with Crippen LogP contribution in [-0.2, 0) is 4.79 Å². The molecular weight excluding hydrogens is 232 g/mol. The smallest absolute Gasteiger partial charge is 0.335 e. The first-order valence-electron chi connectivity index (χ1n) is 3.58. The molecule has 1 fully saturated rings. The van der Waals surface area contributed by atoms with E-state index in [0.717, 1.165) is 4.90 Å². The van der Waals surface area contributed by atoms with Gasteiger partial charge in [-0.25, -0.2) is 0 Å². The maximum atomic E-state index is 12.4. The zero-order chi connectivity index (χ0) is 9.57. The molecule has 0 aliphatic carbocycles. The number of hydrogen-bond donors (Lipinski definition) is 0.